The van der Waals surface area contributed by atoms with Crippen LogP contribution in [0.25, 0.3) is 5.82 Å². The highest BCUT2D eigenvalue weighted by atomic mass is 79.9. The first-order valence-electron chi connectivity index (χ1n) is 4.59. The minimum absolute atomic E-state index is 0.612. The molecule has 0 spiro atoms. The molecule has 2 aromatic heterocycles. The summed E-state index contributed by atoms with van der Waals surface area (Å²) in [5.41, 5.74) is 0. The van der Waals surface area contributed by atoms with Gasteiger partial charge in [-0.05, 0) is 35.0 Å². The predicted molar refractivity (Wildman–Crippen MR) is 60.2 cm³/mol. The van der Waals surface area contributed by atoms with Crippen molar-refractivity contribution in [2.75, 3.05) is 6.61 Å². The third kappa shape index (κ3) is 2.18. The fourth-order valence-corrected chi connectivity index (χ4v) is 1.52. The minimum Gasteiger partial charge on any atom is -0.490 e. The van der Waals surface area contributed by atoms with Crippen molar-refractivity contribution in [2.24, 2.45) is 0 Å². The van der Waals surface area contributed by atoms with Crippen molar-refractivity contribution in [2.45, 2.75) is 6.92 Å². The van der Waals surface area contributed by atoms with Gasteiger partial charge < -0.3 is 4.74 Å². The summed E-state index contributed by atoms with van der Waals surface area (Å²) >= 11 is 3.34. The summed E-state index contributed by atoms with van der Waals surface area (Å²) in [5, 5.41) is 4.16. The first-order valence-corrected chi connectivity index (χ1v) is 5.39. The van der Waals surface area contributed by atoms with Crippen LogP contribution in [0.15, 0.2) is 35.2 Å². The van der Waals surface area contributed by atoms with E-state index in [-0.39, 0.29) is 0 Å². The lowest BCUT2D eigenvalue weighted by atomic mass is 10.4. The summed E-state index contributed by atoms with van der Waals surface area (Å²) in [6, 6.07) is 3.72. The second-order valence-corrected chi connectivity index (χ2v) is 3.78. The van der Waals surface area contributed by atoms with E-state index in [2.05, 4.69) is 26.0 Å². The van der Waals surface area contributed by atoms with Crippen LogP contribution in [0, 0.1) is 0 Å². The van der Waals surface area contributed by atoms with Crippen LogP contribution < -0.4 is 4.74 Å². The number of pyridine rings is 1. The third-order valence-corrected chi connectivity index (χ3v) is 2.23. The highest BCUT2D eigenvalue weighted by Gasteiger charge is 2.07. The molecule has 0 saturated carbocycles. The molecular weight excluding hydrogens is 258 g/mol. The van der Waals surface area contributed by atoms with Crippen molar-refractivity contribution in [3.63, 3.8) is 0 Å². The summed E-state index contributed by atoms with van der Waals surface area (Å²) < 4.78 is 8.05. The molecule has 0 fully saturated rings. The maximum absolute atomic E-state index is 5.46. The normalized spacial score (nSPS) is 10.3. The smallest absolute Gasteiger partial charge is 0.196 e. The highest BCUT2D eigenvalue weighted by Crippen LogP contribution is 2.20. The molecule has 2 heterocycles. The molecule has 0 radical (unpaired) electrons. The first kappa shape index (κ1) is 10.2. The van der Waals surface area contributed by atoms with Crippen molar-refractivity contribution in [1.29, 1.82) is 0 Å². The summed E-state index contributed by atoms with van der Waals surface area (Å²) in [6.45, 7) is 2.55. The average molecular weight is 268 g/mol. The number of aromatic nitrogens is 3. The van der Waals surface area contributed by atoms with Gasteiger partial charge in [-0.2, -0.15) is 5.10 Å². The van der Waals surface area contributed by atoms with Crippen molar-refractivity contribution >= 4 is 15.9 Å². The Hall–Kier alpha value is -1.36. The molecule has 0 aliphatic rings. The van der Waals surface area contributed by atoms with Gasteiger partial charge in [0, 0.05) is 12.4 Å². The Bertz CT molecular complexity index is 455. The highest BCUT2D eigenvalue weighted by molar-refractivity contribution is 9.10. The van der Waals surface area contributed by atoms with E-state index in [1.165, 1.54) is 0 Å². The van der Waals surface area contributed by atoms with Gasteiger partial charge in [-0.25, -0.2) is 9.67 Å². The predicted octanol–water partition coefficient (Wildman–Crippen LogP) is 2.43. The van der Waals surface area contributed by atoms with Crippen LogP contribution >= 0.6 is 15.9 Å². The van der Waals surface area contributed by atoms with Gasteiger partial charge in [0.25, 0.3) is 0 Å². The molecule has 78 valence electrons. The summed E-state index contributed by atoms with van der Waals surface area (Å²) in [6.07, 6.45) is 5.27. The Balaban J connectivity index is 2.42. The molecule has 0 aromatic carbocycles. The van der Waals surface area contributed by atoms with Gasteiger partial charge in [0.15, 0.2) is 11.6 Å². The van der Waals surface area contributed by atoms with Crippen molar-refractivity contribution in [3.8, 4) is 11.6 Å². The van der Waals surface area contributed by atoms with E-state index >= 15 is 0 Å². The fraction of sp³-hybridized carbons (Fsp3) is 0.200. The lowest BCUT2D eigenvalue weighted by Gasteiger charge is -2.07. The third-order valence-electron chi connectivity index (χ3n) is 1.82. The Labute approximate surface area is 96.0 Å². The maximum Gasteiger partial charge on any atom is 0.196 e. The molecule has 0 aliphatic heterocycles. The molecule has 0 bridgehead atoms. The number of ether oxygens (including phenoxy) is 1. The summed E-state index contributed by atoms with van der Waals surface area (Å²) in [5.74, 6) is 1.43. The molecule has 0 amide bonds. The zero-order chi connectivity index (χ0) is 10.7. The van der Waals surface area contributed by atoms with Gasteiger partial charge in [0.05, 0.1) is 17.3 Å². The molecule has 0 unspecified atom stereocenters. The van der Waals surface area contributed by atoms with Crippen molar-refractivity contribution < 1.29 is 4.74 Å². The first-order chi connectivity index (χ1) is 7.31. The number of halogens is 1. The number of hydrogen-bond acceptors (Lipinski definition) is 3. The maximum atomic E-state index is 5.46. The van der Waals surface area contributed by atoms with Crippen LogP contribution in [0.1, 0.15) is 6.92 Å². The van der Waals surface area contributed by atoms with Gasteiger partial charge in [-0.1, -0.05) is 0 Å². The summed E-state index contributed by atoms with van der Waals surface area (Å²) in [7, 11) is 0. The van der Waals surface area contributed by atoms with Gasteiger partial charge in [0.1, 0.15) is 0 Å². The van der Waals surface area contributed by atoms with Crippen LogP contribution in [0.3, 0.4) is 0 Å². The standard InChI is InChI=1S/C10H10BrN3O/c1-2-15-9-4-3-5-12-10(9)14-7-8(11)6-13-14/h3-7H,2H2,1H3. The Kier molecular flexibility index (Phi) is 3.01. The van der Waals surface area contributed by atoms with E-state index < -0.39 is 0 Å². The van der Waals surface area contributed by atoms with E-state index in [1.807, 2.05) is 25.3 Å². The van der Waals surface area contributed by atoms with Crippen LogP contribution in [0.2, 0.25) is 0 Å². The molecule has 2 aromatic rings. The molecule has 4 nitrogen and oxygen atoms in total. The Morgan fingerprint density at radius 1 is 1.53 bits per heavy atom. The molecular formula is C10H10BrN3O. The topological polar surface area (TPSA) is 39.9 Å². The Morgan fingerprint density at radius 2 is 2.40 bits per heavy atom. The van der Waals surface area contributed by atoms with Crippen LogP contribution in [0.4, 0.5) is 0 Å². The van der Waals surface area contributed by atoms with E-state index in [9.17, 15) is 0 Å². The lowest BCUT2D eigenvalue weighted by molar-refractivity contribution is 0.336. The SMILES string of the molecule is CCOc1cccnc1-n1cc(Br)cn1. The van der Waals surface area contributed by atoms with Crippen molar-refractivity contribution in [3.05, 3.63) is 35.2 Å². The van der Waals surface area contributed by atoms with Gasteiger partial charge in [-0.15, -0.1) is 0 Å². The average Bonchev–Trinajstić information content (AvgIpc) is 2.66. The number of hydrogen-bond donors (Lipinski definition) is 0. The molecule has 0 saturated heterocycles. The van der Waals surface area contributed by atoms with E-state index in [0.29, 0.717) is 12.4 Å². The molecule has 0 atom stereocenters. The van der Waals surface area contributed by atoms with E-state index in [1.54, 1.807) is 17.1 Å². The fourth-order valence-electron chi connectivity index (χ4n) is 1.24. The largest absolute Gasteiger partial charge is 0.490 e. The molecule has 15 heavy (non-hydrogen) atoms. The van der Waals surface area contributed by atoms with E-state index in [4.69, 9.17) is 4.74 Å². The number of rotatable bonds is 3. The van der Waals surface area contributed by atoms with Gasteiger partial charge in [0.2, 0.25) is 0 Å². The second kappa shape index (κ2) is 4.44. The molecule has 2 rings (SSSR count). The zero-order valence-electron chi connectivity index (χ0n) is 8.22. The monoisotopic (exact) mass is 267 g/mol. The van der Waals surface area contributed by atoms with Crippen LogP contribution in [-0.4, -0.2) is 21.4 Å². The quantitative estimate of drug-likeness (QED) is 0.858. The summed E-state index contributed by atoms with van der Waals surface area (Å²) in [4.78, 5) is 4.24. The zero-order valence-corrected chi connectivity index (χ0v) is 9.81. The lowest BCUT2D eigenvalue weighted by Crippen LogP contribution is -2.02. The Morgan fingerprint density at radius 3 is 3.07 bits per heavy atom. The number of nitrogens with zero attached hydrogens (tertiary/aromatic N) is 3. The van der Waals surface area contributed by atoms with Crippen LogP contribution in [0.5, 0.6) is 5.75 Å². The van der Waals surface area contributed by atoms with E-state index in [0.717, 1.165) is 10.2 Å². The molecule has 5 heteroatoms. The molecule has 0 N–H and O–H groups in total. The van der Waals surface area contributed by atoms with Gasteiger partial charge in [-0.3, -0.25) is 0 Å². The van der Waals surface area contributed by atoms with Gasteiger partial charge >= 0.3 is 0 Å². The van der Waals surface area contributed by atoms with Crippen molar-refractivity contribution in [1.82, 2.24) is 14.8 Å². The minimum atomic E-state index is 0.612. The van der Waals surface area contributed by atoms with Crippen LogP contribution in [-0.2, 0) is 0 Å². The second-order valence-electron chi connectivity index (χ2n) is 2.86. The molecule has 0 aliphatic carbocycles.